The fourth-order valence-electron chi connectivity index (χ4n) is 4.23. The highest BCUT2D eigenvalue weighted by molar-refractivity contribution is 5.73. The van der Waals surface area contributed by atoms with Crippen molar-refractivity contribution in [2.24, 2.45) is 5.73 Å². The van der Waals surface area contributed by atoms with Crippen molar-refractivity contribution in [3.05, 3.63) is 23.3 Å². The summed E-state index contributed by atoms with van der Waals surface area (Å²) in [6.07, 6.45) is -3.77. The molecule has 13 nitrogen and oxygen atoms in total. The molecule has 13 heteroatoms. The average molecular weight is 509 g/mol. The van der Waals surface area contributed by atoms with Crippen molar-refractivity contribution in [2.75, 3.05) is 6.61 Å². The molecule has 36 heavy (non-hydrogen) atoms. The van der Waals surface area contributed by atoms with Crippen molar-refractivity contribution in [2.45, 2.75) is 71.4 Å². The molecule has 0 saturated carbocycles. The van der Waals surface area contributed by atoms with Gasteiger partial charge in [-0.15, -0.1) is 0 Å². The summed E-state index contributed by atoms with van der Waals surface area (Å²) in [6, 6.07) is 1.52. The SMILES string of the molecule is CC(=O)OC[C@H]1OC2(OCc3cc(OC(C)=O)cc(OC(C)=O)c32)[C@H](OC(C)=O)[C@@H](N)[C@@H]1OC(C)=O. The molecule has 3 rings (SSSR count). The van der Waals surface area contributed by atoms with Gasteiger partial charge in [0.05, 0.1) is 18.2 Å². The molecule has 196 valence electrons. The number of fused-ring (bicyclic) bond motifs is 2. The van der Waals surface area contributed by atoms with Gasteiger partial charge < -0.3 is 38.9 Å². The number of esters is 5. The zero-order chi connectivity index (χ0) is 26.8. The quantitative estimate of drug-likeness (QED) is 0.316. The lowest BCUT2D eigenvalue weighted by Crippen LogP contribution is -2.68. The van der Waals surface area contributed by atoms with Gasteiger partial charge in [-0.25, -0.2) is 0 Å². The van der Waals surface area contributed by atoms with Gasteiger partial charge in [-0.05, 0) is 11.6 Å². The molecule has 1 aromatic rings. The molecule has 1 aromatic carbocycles. The molecule has 2 heterocycles. The number of rotatable bonds is 6. The zero-order valence-electron chi connectivity index (χ0n) is 20.4. The molecule has 2 aliphatic heterocycles. The van der Waals surface area contributed by atoms with Crippen LogP contribution in [0.4, 0.5) is 0 Å². The predicted octanol–water partition coefficient (Wildman–Crippen LogP) is 0.373. The van der Waals surface area contributed by atoms with E-state index in [1.165, 1.54) is 26.0 Å². The van der Waals surface area contributed by atoms with Crippen LogP contribution in [-0.4, -0.2) is 60.8 Å². The van der Waals surface area contributed by atoms with E-state index in [0.29, 0.717) is 5.56 Å². The van der Waals surface area contributed by atoms with Gasteiger partial charge in [0.15, 0.2) is 12.2 Å². The smallest absolute Gasteiger partial charge is 0.308 e. The van der Waals surface area contributed by atoms with Crippen molar-refractivity contribution < 1.29 is 57.1 Å². The molecule has 0 aromatic heterocycles. The molecule has 1 spiro atoms. The molecule has 2 N–H and O–H groups in total. The fraction of sp³-hybridized carbons (Fsp3) is 0.522. The van der Waals surface area contributed by atoms with Crippen molar-refractivity contribution in [1.29, 1.82) is 0 Å². The summed E-state index contributed by atoms with van der Waals surface area (Å²) in [4.78, 5) is 58.8. The highest BCUT2D eigenvalue weighted by Gasteiger charge is 2.62. The topological polar surface area (TPSA) is 176 Å². The van der Waals surface area contributed by atoms with E-state index in [4.69, 9.17) is 38.9 Å². The molecular formula is C23H27NO12. The largest absolute Gasteiger partial charge is 0.463 e. The molecular weight excluding hydrogens is 482 g/mol. The first-order valence-electron chi connectivity index (χ1n) is 10.9. The first-order chi connectivity index (χ1) is 16.8. The maximum absolute atomic E-state index is 12.1. The van der Waals surface area contributed by atoms with Crippen molar-refractivity contribution >= 4 is 29.8 Å². The number of carbonyl (C=O) groups is 5. The second-order valence-corrected chi connectivity index (χ2v) is 8.24. The van der Waals surface area contributed by atoms with Crippen LogP contribution in [0.25, 0.3) is 0 Å². The van der Waals surface area contributed by atoms with Crippen molar-refractivity contribution in [1.82, 2.24) is 0 Å². The molecule has 5 atom stereocenters. The number of ether oxygens (including phenoxy) is 7. The number of nitrogens with two attached hydrogens (primary N) is 1. The first-order valence-corrected chi connectivity index (χ1v) is 10.9. The third-order valence-electron chi connectivity index (χ3n) is 5.31. The van der Waals surface area contributed by atoms with Crippen LogP contribution in [0, 0.1) is 0 Å². The Morgan fingerprint density at radius 3 is 2.11 bits per heavy atom. The van der Waals surface area contributed by atoms with Crippen LogP contribution >= 0.6 is 0 Å². The molecule has 1 unspecified atom stereocenters. The molecule has 0 aliphatic carbocycles. The van der Waals surface area contributed by atoms with Crippen LogP contribution in [0.1, 0.15) is 45.7 Å². The summed E-state index contributed by atoms with van der Waals surface area (Å²) in [7, 11) is 0. The van der Waals surface area contributed by atoms with Crippen LogP contribution in [0.15, 0.2) is 12.1 Å². The average Bonchev–Trinajstić information content (AvgIpc) is 3.09. The number of benzene rings is 1. The summed E-state index contributed by atoms with van der Waals surface area (Å²) >= 11 is 0. The van der Waals surface area contributed by atoms with Crippen molar-refractivity contribution in [3.8, 4) is 11.5 Å². The maximum Gasteiger partial charge on any atom is 0.308 e. The number of hydrogen-bond donors (Lipinski definition) is 1. The third-order valence-corrected chi connectivity index (χ3v) is 5.31. The summed E-state index contributed by atoms with van der Waals surface area (Å²) in [5, 5.41) is 0. The zero-order valence-corrected chi connectivity index (χ0v) is 20.4. The second kappa shape index (κ2) is 10.6. The maximum atomic E-state index is 12.1. The minimum absolute atomic E-state index is 0.0662. The van der Waals surface area contributed by atoms with E-state index in [1.54, 1.807) is 0 Å². The Labute approximate surface area is 206 Å². The van der Waals surface area contributed by atoms with Crippen LogP contribution in [0.3, 0.4) is 0 Å². The highest BCUT2D eigenvalue weighted by Crippen LogP contribution is 2.52. The Bertz CT molecular complexity index is 1080. The highest BCUT2D eigenvalue weighted by atomic mass is 16.7. The lowest BCUT2D eigenvalue weighted by Gasteiger charge is -2.49. The molecule has 2 aliphatic rings. The van der Waals surface area contributed by atoms with Gasteiger partial charge in [-0.2, -0.15) is 0 Å². The molecule has 1 saturated heterocycles. The van der Waals surface area contributed by atoms with E-state index in [1.807, 2.05) is 0 Å². The summed E-state index contributed by atoms with van der Waals surface area (Å²) in [6.45, 7) is 5.29. The predicted molar refractivity (Wildman–Crippen MR) is 116 cm³/mol. The second-order valence-electron chi connectivity index (χ2n) is 8.24. The Morgan fingerprint density at radius 1 is 0.917 bits per heavy atom. The van der Waals surface area contributed by atoms with Gasteiger partial charge in [0.2, 0.25) is 5.79 Å². The van der Waals surface area contributed by atoms with Crippen molar-refractivity contribution in [3.63, 3.8) is 0 Å². The monoisotopic (exact) mass is 509 g/mol. The van der Waals surface area contributed by atoms with Gasteiger partial charge in [-0.1, -0.05) is 0 Å². The fourth-order valence-corrected chi connectivity index (χ4v) is 4.23. The van der Waals surface area contributed by atoms with Gasteiger partial charge in [-0.3, -0.25) is 24.0 Å². The lowest BCUT2D eigenvalue weighted by molar-refractivity contribution is -0.352. The third kappa shape index (κ3) is 5.64. The molecule has 1 fully saturated rings. The van der Waals surface area contributed by atoms with Gasteiger partial charge in [0.1, 0.15) is 24.2 Å². The minimum atomic E-state index is -1.96. The van der Waals surface area contributed by atoms with Crippen LogP contribution in [0.5, 0.6) is 11.5 Å². The van der Waals surface area contributed by atoms with E-state index < -0.39 is 60.0 Å². The summed E-state index contributed by atoms with van der Waals surface area (Å²) < 4.78 is 38.7. The standard InChI is InChI=1S/C23H27NO12/c1-10(25)30-9-18-21(34-13(4)28)20(24)22(35-14(5)29)23(36-18)19-15(8-31-23)6-16(32-11(2)26)7-17(19)33-12(3)27/h6-7,18,20-22H,8-9,24H2,1-5H3/t18-,20+,21-,22-,23?/m1/s1. The minimum Gasteiger partial charge on any atom is -0.463 e. The molecule has 0 amide bonds. The number of carbonyl (C=O) groups excluding carboxylic acids is 5. The lowest BCUT2D eigenvalue weighted by atomic mass is 9.85. The van der Waals surface area contributed by atoms with E-state index in [9.17, 15) is 24.0 Å². The number of hydrogen-bond acceptors (Lipinski definition) is 13. The van der Waals surface area contributed by atoms with Crippen LogP contribution in [-0.2, 0) is 60.1 Å². The van der Waals surface area contributed by atoms with E-state index in [2.05, 4.69) is 0 Å². The van der Waals surface area contributed by atoms with Crippen LogP contribution in [0.2, 0.25) is 0 Å². The summed E-state index contributed by atoms with van der Waals surface area (Å²) in [5.41, 5.74) is 6.97. The Balaban J connectivity index is 2.19. The van der Waals surface area contributed by atoms with E-state index in [-0.39, 0.29) is 30.3 Å². The molecule has 0 bridgehead atoms. The Morgan fingerprint density at radius 2 is 1.56 bits per heavy atom. The Kier molecular flexibility index (Phi) is 7.96. The van der Waals surface area contributed by atoms with Gasteiger partial charge in [0.25, 0.3) is 0 Å². The Hall–Kier alpha value is -3.55. The van der Waals surface area contributed by atoms with E-state index in [0.717, 1.165) is 20.8 Å². The van der Waals surface area contributed by atoms with Gasteiger partial charge >= 0.3 is 29.8 Å². The summed E-state index contributed by atoms with van der Waals surface area (Å²) in [5.74, 6) is -5.41. The van der Waals surface area contributed by atoms with Gasteiger partial charge in [0, 0.05) is 40.7 Å². The first kappa shape index (κ1) is 27.0. The normalized spacial score (nSPS) is 26.5. The van der Waals surface area contributed by atoms with E-state index >= 15 is 0 Å². The van der Waals surface area contributed by atoms with Crippen LogP contribution < -0.4 is 15.2 Å². The molecule has 0 radical (unpaired) electrons.